The number of aliphatic imine (C=N–C) groups is 1. The Morgan fingerprint density at radius 1 is 1.26 bits per heavy atom. The molecule has 4 rings (SSSR count). The Morgan fingerprint density at radius 2 is 2.06 bits per heavy atom. The number of carbonyl (C=O) groups is 2. The summed E-state index contributed by atoms with van der Waals surface area (Å²) in [5, 5.41) is 3.82. The summed E-state index contributed by atoms with van der Waals surface area (Å²) in [4.78, 5) is 33.1. The normalized spacial score (nSPS) is 23.9. The highest BCUT2D eigenvalue weighted by Gasteiger charge is 2.30. The standard InChI is InChI=1S/C22H24Cl2N4O2S/c23-16-10-15(11-17(24)12-16)22(30)28-9-3-4-14(13-28)21(29)26-8-7-25-20-18-5-1-2-6-19(18)31-27-20/h1-2,6,10-12,14,18H,3-5,7-9,13H2,(H,25,27)(H,26,29). The number of nitrogens with zero attached hydrogens (tertiary/aromatic N) is 2. The molecule has 164 valence electrons. The van der Waals surface area contributed by atoms with Crippen molar-refractivity contribution in [2.24, 2.45) is 16.8 Å². The Kier molecular flexibility index (Phi) is 7.25. The Labute approximate surface area is 196 Å². The number of amidine groups is 1. The van der Waals surface area contributed by atoms with Crippen molar-refractivity contribution >= 4 is 52.8 Å². The zero-order valence-electron chi connectivity index (χ0n) is 16.9. The van der Waals surface area contributed by atoms with Gasteiger partial charge in [-0.25, -0.2) is 0 Å². The molecule has 2 aliphatic heterocycles. The van der Waals surface area contributed by atoms with Gasteiger partial charge >= 0.3 is 0 Å². The van der Waals surface area contributed by atoms with E-state index in [1.54, 1.807) is 35.0 Å². The largest absolute Gasteiger partial charge is 0.354 e. The first kappa shape index (κ1) is 22.2. The molecule has 2 amide bonds. The monoisotopic (exact) mass is 478 g/mol. The summed E-state index contributed by atoms with van der Waals surface area (Å²) in [7, 11) is 0. The van der Waals surface area contributed by atoms with Crippen LogP contribution in [0.15, 0.2) is 46.3 Å². The van der Waals surface area contributed by atoms with Gasteiger partial charge < -0.3 is 14.9 Å². The molecule has 2 unspecified atom stereocenters. The Balaban J connectivity index is 1.27. The van der Waals surface area contributed by atoms with Crippen LogP contribution in [0.1, 0.15) is 29.6 Å². The molecule has 0 spiro atoms. The van der Waals surface area contributed by atoms with Crippen LogP contribution in [0, 0.1) is 11.8 Å². The van der Waals surface area contributed by atoms with Crippen molar-refractivity contribution in [3.05, 3.63) is 56.9 Å². The maximum Gasteiger partial charge on any atom is 0.253 e. The zero-order valence-corrected chi connectivity index (χ0v) is 19.3. The maximum absolute atomic E-state index is 12.8. The predicted octanol–water partition coefficient (Wildman–Crippen LogP) is 4.07. The summed E-state index contributed by atoms with van der Waals surface area (Å²) < 4.78 is 3.27. The summed E-state index contributed by atoms with van der Waals surface area (Å²) in [5.74, 6) is 0.895. The summed E-state index contributed by atoms with van der Waals surface area (Å²) >= 11 is 13.7. The first-order valence-electron chi connectivity index (χ1n) is 10.4. The lowest BCUT2D eigenvalue weighted by Gasteiger charge is -2.32. The van der Waals surface area contributed by atoms with Crippen LogP contribution in [0.25, 0.3) is 0 Å². The number of allylic oxidation sites excluding steroid dienone is 3. The van der Waals surface area contributed by atoms with Gasteiger partial charge in [-0.3, -0.25) is 14.6 Å². The highest BCUT2D eigenvalue weighted by molar-refractivity contribution is 8.02. The average Bonchev–Trinajstić information content (AvgIpc) is 3.18. The fraction of sp³-hybridized carbons (Fsp3) is 0.409. The number of piperidine rings is 1. The van der Waals surface area contributed by atoms with Crippen molar-refractivity contribution in [2.45, 2.75) is 19.3 Å². The number of benzene rings is 1. The van der Waals surface area contributed by atoms with Crippen LogP contribution in [0.4, 0.5) is 0 Å². The quantitative estimate of drug-likeness (QED) is 0.493. The lowest BCUT2D eigenvalue weighted by atomic mass is 9.96. The van der Waals surface area contributed by atoms with E-state index in [2.05, 4.69) is 33.3 Å². The third kappa shape index (κ3) is 5.45. The second-order valence-corrected chi connectivity index (χ2v) is 9.55. The summed E-state index contributed by atoms with van der Waals surface area (Å²) in [5.41, 5.74) is 0.447. The SMILES string of the molecule is O=C(NCCN=C1NSC2=CC=CCC21)C1CCCN(C(=O)c2cc(Cl)cc(Cl)c2)C1. The van der Waals surface area contributed by atoms with E-state index in [1.807, 2.05) is 0 Å². The number of nitrogens with one attached hydrogen (secondary N) is 2. The van der Waals surface area contributed by atoms with Crippen molar-refractivity contribution in [1.82, 2.24) is 14.9 Å². The van der Waals surface area contributed by atoms with E-state index in [9.17, 15) is 9.59 Å². The summed E-state index contributed by atoms with van der Waals surface area (Å²) in [6.07, 6.45) is 8.84. The van der Waals surface area contributed by atoms with Crippen LogP contribution in [0.2, 0.25) is 10.0 Å². The van der Waals surface area contributed by atoms with Crippen LogP contribution in [-0.4, -0.2) is 48.7 Å². The molecular weight excluding hydrogens is 455 g/mol. The number of likely N-dealkylation sites (tertiary alicyclic amines) is 1. The van der Waals surface area contributed by atoms with Gasteiger partial charge in [0, 0.05) is 40.1 Å². The highest BCUT2D eigenvalue weighted by Crippen LogP contribution is 2.35. The van der Waals surface area contributed by atoms with Gasteiger partial charge in [0.2, 0.25) is 5.91 Å². The molecule has 2 heterocycles. The first-order chi connectivity index (χ1) is 15.0. The molecule has 0 saturated carbocycles. The van der Waals surface area contributed by atoms with Gasteiger partial charge in [0.1, 0.15) is 5.84 Å². The first-order valence-corrected chi connectivity index (χ1v) is 12.0. The third-order valence-electron chi connectivity index (χ3n) is 5.60. The number of hydrogen-bond donors (Lipinski definition) is 2. The maximum atomic E-state index is 12.8. The highest BCUT2D eigenvalue weighted by atomic mass is 35.5. The second kappa shape index (κ2) is 10.1. The molecule has 1 aliphatic carbocycles. The van der Waals surface area contributed by atoms with E-state index in [-0.39, 0.29) is 17.7 Å². The van der Waals surface area contributed by atoms with Crippen molar-refractivity contribution in [1.29, 1.82) is 0 Å². The van der Waals surface area contributed by atoms with E-state index in [1.165, 1.54) is 4.91 Å². The van der Waals surface area contributed by atoms with Gasteiger partial charge in [-0.05, 0) is 49.4 Å². The summed E-state index contributed by atoms with van der Waals surface area (Å²) in [6.45, 7) is 2.02. The van der Waals surface area contributed by atoms with Crippen molar-refractivity contribution in [2.75, 3.05) is 26.2 Å². The molecule has 0 radical (unpaired) electrons. The van der Waals surface area contributed by atoms with Gasteiger partial charge in [0.25, 0.3) is 5.91 Å². The molecule has 31 heavy (non-hydrogen) atoms. The molecule has 6 nitrogen and oxygen atoms in total. The molecule has 2 atom stereocenters. The van der Waals surface area contributed by atoms with E-state index >= 15 is 0 Å². The fourth-order valence-electron chi connectivity index (χ4n) is 4.02. The van der Waals surface area contributed by atoms with Crippen LogP contribution >= 0.6 is 35.1 Å². The van der Waals surface area contributed by atoms with E-state index < -0.39 is 0 Å². The number of carbonyl (C=O) groups excluding carboxylic acids is 2. The van der Waals surface area contributed by atoms with Crippen molar-refractivity contribution < 1.29 is 9.59 Å². The van der Waals surface area contributed by atoms with Crippen LogP contribution in [0.3, 0.4) is 0 Å². The zero-order chi connectivity index (χ0) is 21.8. The lowest BCUT2D eigenvalue weighted by molar-refractivity contribution is -0.126. The predicted molar refractivity (Wildman–Crippen MR) is 126 cm³/mol. The van der Waals surface area contributed by atoms with Gasteiger partial charge in [-0.1, -0.05) is 41.4 Å². The van der Waals surface area contributed by atoms with E-state index in [0.29, 0.717) is 47.7 Å². The van der Waals surface area contributed by atoms with Gasteiger partial charge in [0.15, 0.2) is 0 Å². The molecule has 9 heteroatoms. The van der Waals surface area contributed by atoms with Gasteiger partial charge in [0.05, 0.1) is 18.4 Å². The van der Waals surface area contributed by atoms with Crippen LogP contribution in [0.5, 0.6) is 0 Å². The summed E-state index contributed by atoms with van der Waals surface area (Å²) in [6, 6.07) is 4.81. The number of fused-ring (bicyclic) bond motifs is 1. The van der Waals surface area contributed by atoms with Crippen molar-refractivity contribution in [3.63, 3.8) is 0 Å². The molecule has 0 bridgehead atoms. The molecule has 2 fully saturated rings. The number of rotatable bonds is 5. The molecule has 1 aromatic rings. The average molecular weight is 479 g/mol. The van der Waals surface area contributed by atoms with Gasteiger partial charge in [-0.15, -0.1) is 0 Å². The molecule has 2 saturated heterocycles. The Bertz CT molecular complexity index is 943. The minimum Gasteiger partial charge on any atom is -0.354 e. The minimum atomic E-state index is -0.224. The van der Waals surface area contributed by atoms with E-state index in [0.717, 1.165) is 25.1 Å². The third-order valence-corrected chi connectivity index (χ3v) is 7.00. The number of halogens is 2. The number of amides is 2. The smallest absolute Gasteiger partial charge is 0.253 e. The van der Waals surface area contributed by atoms with Crippen molar-refractivity contribution in [3.8, 4) is 0 Å². The molecule has 3 aliphatic rings. The Hall–Kier alpha value is -1.96. The van der Waals surface area contributed by atoms with Crippen LogP contribution < -0.4 is 10.0 Å². The second-order valence-electron chi connectivity index (χ2n) is 7.80. The van der Waals surface area contributed by atoms with Crippen LogP contribution in [-0.2, 0) is 4.79 Å². The molecule has 0 aromatic heterocycles. The number of hydrogen-bond acceptors (Lipinski definition) is 4. The van der Waals surface area contributed by atoms with Gasteiger partial charge in [-0.2, -0.15) is 0 Å². The molecular formula is C22H24Cl2N4O2S. The lowest BCUT2D eigenvalue weighted by Crippen LogP contribution is -2.45. The topological polar surface area (TPSA) is 73.8 Å². The van der Waals surface area contributed by atoms with E-state index in [4.69, 9.17) is 23.2 Å². The molecule has 2 N–H and O–H groups in total. The molecule has 1 aromatic carbocycles. The fourth-order valence-corrected chi connectivity index (χ4v) is 5.47. The minimum absolute atomic E-state index is 0.0308. The Morgan fingerprint density at radius 3 is 2.87 bits per heavy atom.